The van der Waals surface area contributed by atoms with E-state index in [-0.39, 0.29) is 30.9 Å². The van der Waals surface area contributed by atoms with Crippen LogP contribution in [0.15, 0.2) is 0 Å². The van der Waals surface area contributed by atoms with Crippen molar-refractivity contribution in [2.75, 3.05) is 33.3 Å². The summed E-state index contributed by atoms with van der Waals surface area (Å²) in [7, 11) is -2.15. The van der Waals surface area contributed by atoms with E-state index in [1.54, 1.807) is 0 Å². The molecule has 2 saturated heterocycles. The van der Waals surface area contributed by atoms with Gasteiger partial charge in [0.05, 0.1) is 18.6 Å². The topological polar surface area (TPSA) is 87.2 Å². The largest absolute Gasteiger partial charge is 0.469 e. The minimum atomic E-state index is -3.50. The highest BCUT2D eigenvalue weighted by molar-refractivity contribution is 7.86. The molecule has 3 rings (SSSR count). The highest BCUT2D eigenvalue weighted by atomic mass is 32.2. The molecule has 0 amide bonds. The normalized spacial score (nSPS) is 28.1. The number of esters is 1. The van der Waals surface area contributed by atoms with E-state index >= 15 is 0 Å². The second-order valence-electron chi connectivity index (χ2n) is 6.35. The molecule has 0 atom stereocenters. The van der Waals surface area contributed by atoms with Gasteiger partial charge >= 0.3 is 5.97 Å². The fraction of sp³-hybridized carbons (Fsp3) is 0.923. The van der Waals surface area contributed by atoms with Crippen LogP contribution in [-0.2, 0) is 19.7 Å². The van der Waals surface area contributed by atoms with Crippen LogP contribution in [0.25, 0.3) is 0 Å². The van der Waals surface area contributed by atoms with Crippen LogP contribution in [-0.4, -0.2) is 67.0 Å². The van der Waals surface area contributed by atoms with Crippen LogP contribution in [0.5, 0.6) is 0 Å². The van der Waals surface area contributed by atoms with Gasteiger partial charge in [0.2, 0.25) is 0 Å². The first-order chi connectivity index (χ1) is 9.87. The Kier molecular flexibility index (Phi) is 3.76. The van der Waals surface area contributed by atoms with Gasteiger partial charge in [-0.1, -0.05) is 0 Å². The highest BCUT2D eigenvalue weighted by Crippen LogP contribution is 2.45. The third-order valence-corrected chi connectivity index (χ3v) is 6.81. The summed E-state index contributed by atoms with van der Waals surface area (Å²) >= 11 is 0. The molecule has 0 radical (unpaired) electrons. The molecule has 0 aromatic heterocycles. The summed E-state index contributed by atoms with van der Waals surface area (Å²) in [5.41, 5.74) is -0.808. The number of hydrogen-bond donors (Lipinski definition) is 1. The maximum Gasteiger partial charge on any atom is 0.308 e. The van der Waals surface area contributed by atoms with E-state index in [2.05, 4.69) is 0 Å². The fourth-order valence-corrected chi connectivity index (χ4v) is 5.03. The third kappa shape index (κ3) is 2.69. The van der Waals surface area contributed by atoms with Gasteiger partial charge in [-0.15, -0.1) is 0 Å². The van der Waals surface area contributed by atoms with E-state index in [1.165, 1.54) is 15.7 Å². The van der Waals surface area contributed by atoms with Gasteiger partial charge in [-0.2, -0.15) is 17.0 Å². The van der Waals surface area contributed by atoms with Crippen molar-refractivity contribution in [3.05, 3.63) is 0 Å². The van der Waals surface area contributed by atoms with Crippen molar-refractivity contribution >= 4 is 16.2 Å². The van der Waals surface area contributed by atoms with E-state index < -0.39 is 15.8 Å². The molecule has 3 aliphatic rings. The molecule has 8 heteroatoms. The Balaban J connectivity index is 1.56. The van der Waals surface area contributed by atoms with Crippen LogP contribution in [0.4, 0.5) is 0 Å². The Morgan fingerprint density at radius 3 is 2.19 bits per heavy atom. The highest BCUT2D eigenvalue weighted by Gasteiger charge is 2.56. The fourth-order valence-electron chi connectivity index (χ4n) is 3.26. The summed E-state index contributed by atoms with van der Waals surface area (Å²) in [6.07, 6.45) is 2.98. The number of methoxy groups -OCH3 is 1. The lowest BCUT2D eigenvalue weighted by Crippen LogP contribution is -2.67. The van der Waals surface area contributed by atoms with Crippen LogP contribution >= 0.6 is 0 Å². The first-order valence-corrected chi connectivity index (χ1v) is 8.82. The van der Waals surface area contributed by atoms with Crippen molar-refractivity contribution in [1.82, 2.24) is 8.61 Å². The van der Waals surface area contributed by atoms with E-state index in [4.69, 9.17) is 4.74 Å². The number of rotatable bonds is 4. The van der Waals surface area contributed by atoms with Crippen molar-refractivity contribution < 1.29 is 23.1 Å². The lowest BCUT2D eigenvalue weighted by Gasteiger charge is -2.47. The van der Waals surface area contributed by atoms with E-state index in [9.17, 15) is 18.3 Å². The zero-order chi connectivity index (χ0) is 15.3. The van der Waals surface area contributed by atoms with E-state index in [0.717, 1.165) is 12.8 Å². The van der Waals surface area contributed by atoms with Crippen molar-refractivity contribution in [2.45, 2.75) is 31.3 Å². The Hall–Kier alpha value is -0.700. The number of carbonyl (C=O) groups is 1. The molecule has 21 heavy (non-hydrogen) atoms. The standard InChI is InChI=1S/C13H22N2O5S/c1-20-12(16)10-4-6-14(7-5-10)21(18,19)15-8-13(17,9-15)11-2-3-11/h10-11,17H,2-9H2,1H3. The molecule has 0 spiro atoms. The Bertz CT molecular complexity index is 517. The smallest absolute Gasteiger partial charge is 0.308 e. The van der Waals surface area contributed by atoms with Gasteiger partial charge < -0.3 is 9.84 Å². The van der Waals surface area contributed by atoms with Crippen molar-refractivity contribution in [1.29, 1.82) is 0 Å². The van der Waals surface area contributed by atoms with Crippen molar-refractivity contribution in [3.63, 3.8) is 0 Å². The van der Waals surface area contributed by atoms with Gasteiger partial charge in [0.15, 0.2) is 0 Å². The summed E-state index contributed by atoms with van der Waals surface area (Å²) in [5.74, 6) is -0.200. The number of carbonyl (C=O) groups excluding carboxylic acids is 1. The molecule has 0 aromatic carbocycles. The minimum Gasteiger partial charge on any atom is -0.469 e. The lowest BCUT2D eigenvalue weighted by molar-refractivity contribution is -0.146. The van der Waals surface area contributed by atoms with E-state index in [1.807, 2.05) is 0 Å². The third-order valence-electron chi connectivity index (χ3n) is 4.88. The first kappa shape index (κ1) is 15.2. The number of aliphatic hydroxyl groups is 1. The maximum absolute atomic E-state index is 12.5. The molecule has 0 unspecified atom stereocenters. The lowest BCUT2D eigenvalue weighted by atomic mass is 9.91. The number of hydrogen-bond acceptors (Lipinski definition) is 5. The summed E-state index contributed by atoms with van der Waals surface area (Å²) in [6, 6.07) is 0. The van der Waals surface area contributed by atoms with Gasteiger partial charge in [0.1, 0.15) is 0 Å². The first-order valence-electron chi connectivity index (χ1n) is 7.42. The Labute approximate surface area is 125 Å². The van der Waals surface area contributed by atoms with Crippen molar-refractivity contribution in [2.24, 2.45) is 11.8 Å². The summed E-state index contributed by atoms with van der Waals surface area (Å²) in [5, 5.41) is 10.2. The monoisotopic (exact) mass is 318 g/mol. The predicted octanol–water partition coefficient (Wildman–Crippen LogP) is -0.427. The summed E-state index contributed by atoms with van der Waals surface area (Å²) < 4.78 is 32.4. The Morgan fingerprint density at radius 2 is 1.71 bits per heavy atom. The van der Waals surface area contributed by atoms with Crippen LogP contribution in [0.1, 0.15) is 25.7 Å². The average Bonchev–Trinajstić information content (AvgIpc) is 3.28. The maximum atomic E-state index is 12.5. The molecule has 120 valence electrons. The molecule has 0 aromatic rings. The zero-order valence-electron chi connectivity index (χ0n) is 12.2. The van der Waals surface area contributed by atoms with Crippen LogP contribution < -0.4 is 0 Å². The van der Waals surface area contributed by atoms with E-state index in [0.29, 0.717) is 25.9 Å². The summed E-state index contributed by atoms with van der Waals surface area (Å²) in [6.45, 7) is 1.08. The van der Waals surface area contributed by atoms with Gasteiger partial charge in [-0.05, 0) is 31.6 Å². The average molecular weight is 318 g/mol. The number of β-amino-alcohol motifs (C(OH)–C–C–N with tert-alkyl or cyclic N) is 1. The molecule has 2 heterocycles. The molecular formula is C13H22N2O5S. The summed E-state index contributed by atoms with van der Waals surface area (Å²) in [4.78, 5) is 11.5. The Morgan fingerprint density at radius 1 is 1.14 bits per heavy atom. The number of nitrogens with zero attached hydrogens (tertiary/aromatic N) is 2. The molecule has 0 bridgehead atoms. The minimum absolute atomic E-state index is 0.205. The molecular weight excluding hydrogens is 296 g/mol. The van der Waals surface area contributed by atoms with Crippen LogP contribution in [0, 0.1) is 11.8 Å². The molecule has 7 nitrogen and oxygen atoms in total. The van der Waals surface area contributed by atoms with Gasteiger partial charge in [-0.3, -0.25) is 4.79 Å². The predicted molar refractivity (Wildman–Crippen MR) is 74.5 cm³/mol. The van der Waals surface area contributed by atoms with Crippen molar-refractivity contribution in [3.8, 4) is 0 Å². The van der Waals surface area contributed by atoms with Gasteiger partial charge in [0.25, 0.3) is 10.2 Å². The number of ether oxygens (including phenoxy) is 1. The van der Waals surface area contributed by atoms with Gasteiger partial charge in [-0.25, -0.2) is 0 Å². The van der Waals surface area contributed by atoms with Crippen LogP contribution in [0.2, 0.25) is 0 Å². The molecule has 3 fully saturated rings. The molecule has 1 saturated carbocycles. The quantitative estimate of drug-likeness (QED) is 0.711. The molecule has 2 aliphatic heterocycles. The zero-order valence-corrected chi connectivity index (χ0v) is 13.0. The molecule has 1 N–H and O–H groups in total. The second-order valence-corrected chi connectivity index (χ2v) is 8.28. The molecule has 1 aliphatic carbocycles. The number of piperidine rings is 1. The van der Waals surface area contributed by atoms with Gasteiger partial charge in [0, 0.05) is 26.2 Å². The van der Waals surface area contributed by atoms with Crippen LogP contribution in [0.3, 0.4) is 0 Å². The second kappa shape index (κ2) is 5.19. The SMILES string of the molecule is COC(=O)C1CCN(S(=O)(=O)N2CC(O)(C3CC3)C2)CC1.